The molecule has 0 aliphatic carbocycles. The molecule has 1 heterocycles. The quantitative estimate of drug-likeness (QED) is 0.680. The van der Waals surface area contributed by atoms with Crippen molar-refractivity contribution in [3.05, 3.63) is 65.2 Å². The molecule has 162 valence electrons. The van der Waals surface area contributed by atoms with Gasteiger partial charge in [0.2, 0.25) is 5.91 Å². The van der Waals surface area contributed by atoms with Gasteiger partial charge in [-0.25, -0.2) is 0 Å². The van der Waals surface area contributed by atoms with Gasteiger partial charge in [-0.1, -0.05) is 43.3 Å². The van der Waals surface area contributed by atoms with E-state index in [2.05, 4.69) is 32.8 Å². The summed E-state index contributed by atoms with van der Waals surface area (Å²) in [6, 6.07) is 14.3. The molecule has 0 spiro atoms. The number of piperazine rings is 1. The molecule has 1 amide bonds. The van der Waals surface area contributed by atoms with E-state index in [1.54, 1.807) is 12.1 Å². The maximum Gasteiger partial charge on any atom is 0.387 e. The summed E-state index contributed by atoms with van der Waals surface area (Å²) in [7, 11) is 0. The third kappa shape index (κ3) is 6.78. The van der Waals surface area contributed by atoms with Gasteiger partial charge in [0.1, 0.15) is 5.75 Å². The standard InChI is InChI=1S/C23H29F2N3O2/c1-2-27-11-13-28(14-12-27)17-20-6-4-3-5-19(20)16-26-22(29)15-18-7-9-21(10-8-18)30-23(24)25/h3-10,23H,2,11-17H2,1H3,(H,26,29). The Labute approximate surface area is 176 Å². The molecule has 2 aromatic carbocycles. The summed E-state index contributed by atoms with van der Waals surface area (Å²) >= 11 is 0. The first-order valence-corrected chi connectivity index (χ1v) is 10.4. The maximum atomic E-state index is 12.3. The van der Waals surface area contributed by atoms with Crippen molar-refractivity contribution in [1.82, 2.24) is 15.1 Å². The summed E-state index contributed by atoms with van der Waals surface area (Å²) in [5.41, 5.74) is 3.09. The van der Waals surface area contributed by atoms with Gasteiger partial charge in [0.25, 0.3) is 0 Å². The lowest BCUT2D eigenvalue weighted by molar-refractivity contribution is -0.120. The lowest BCUT2D eigenvalue weighted by Crippen LogP contribution is -2.45. The Hall–Kier alpha value is -2.51. The van der Waals surface area contributed by atoms with Crippen LogP contribution in [0.2, 0.25) is 0 Å². The van der Waals surface area contributed by atoms with Gasteiger partial charge >= 0.3 is 6.61 Å². The minimum atomic E-state index is -2.85. The molecule has 0 saturated carbocycles. The molecule has 0 unspecified atom stereocenters. The van der Waals surface area contributed by atoms with Gasteiger partial charge in [0, 0.05) is 39.3 Å². The van der Waals surface area contributed by atoms with E-state index in [0.29, 0.717) is 6.54 Å². The molecule has 1 aliphatic heterocycles. The minimum Gasteiger partial charge on any atom is -0.435 e. The minimum absolute atomic E-state index is 0.0860. The molecular weight excluding hydrogens is 388 g/mol. The van der Waals surface area contributed by atoms with E-state index in [-0.39, 0.29) is 18.1 Å². The fraction of sp³-hybridized carbons (Fsp3) is 0.435. The summed E-state index contributed by atoms with van der Waals surface area (Å²) in [6.45, 7) is 6.09. The van der Waals surface area contributed by atoms with Crippen molar-refractivity contribution in [1.29, 1.82) is 0 Å². The molecule has 5 nitrogen and oxygen atoms in total. The van der Waals surface area contributed by atoms with Crippen molar-refractivity contribution in [3.8, 4) is 5.75 Å². The van der Waals surface area contributed by atoms with Crippen LogP contribution < -0.4 is 10.1 Å². The summed E-state index contributed by atoms with van der Waals surface area (Å²) in [6.07, 6.45) is 0.191. The summed E-state index contributed by atoms with van der Waals surface area (Å²) in [5.74, 6) is -0.0215. The highest BCUT2D eigenvalue weighted by Gasteiger charge is 2.16. The van der Waals surface area contributed by atoms with Crippen LogP contribution in [0, 0.1) is 0 Å². The monoisotopic (exact) mass is 417 g/mol. The number of amides is 1. The van der Waals surface area contributed by atoms with E-state index in [1.807, 2.05) is 18.2 Å². The van der Waals surface area contributed by atoms with E-state index < -0.39 is 6.61 Å². The second kappa shape index (κ2) is 11.0. The maximum absolute atomic E-state index is 12.3. The molecule has 1 fully saturated rings. The second-order valence-electron chi connectivity index (χ2n) is 7.46. The molecule has 30 heavy (non-hydrogen) atoms. The third-order valence-corrected chi connectivity index (χ3v) is 5.41. The highest BCUT2D eigenvalue weighted by molar-refractivity contribution is 5.78. The van der Waals surface area contributed by atoms with Gasteiger partial charge in [-0.15, -0.1) is 0 Å². The molecule has 1 aliphatic rings. The van der Waals surface area contributed by atoms with Crippen molar-refractivity contribution in [2.75, 3.05) is 32.7 Å². The number of likely N-dealkylation sites (N-methyl/N-ethyl adjacent to an activating group) is 1. The molecule has 7 heteroatoms. The van der Waals surface area contributed by atoms with Crippen molar-refractivity contribution in [3.63, 3.8) is 0 Å². The summed E-state index contributed by atoms with van der Waals surface area (Å²) in [5, 5.41) is 2.97. The van der Waals surface area contributed by atoms with Crippen LogP contribution in [0.5, 0.6) is 5.75 Å². The summed E-state index contributed by atoms with van der Waals surface area (Å²) < 4.78 is 28.8. The Morgan fingerprint density at radius 2 is 1.63 bits per heavy atom. The topological polar surface area (TPSA) is 44.8 Å². The number of nitrogens with zero attached hydrogens (tertiary/aromatic N) is 2. The van der Waals surface area contributed by atoms with Crippen LogP contribution in [-0.4, -0.2) is 55.0 Å². The third-order valence-electron chi connectivity index (χ3n) is 5.41. The van der Waals surface area contributed by atoms with Crippen LogP contribution in [0.15, 0.2) is 48.5 Å². The molecule has 1 N–H and O–H groups in total. The number of alkyl halides is 2. The van der Waals surface area contributed by atoms with Crippen LogP contribution in [0.25, 0.3) is 0 Å². The number of benzene rings is 2. The number of carbonyl (C=O) groups is 1. The number of carbonyl (C=O) groups excluding carboxylic acids is 1. The Bertz CT molecular complexity index is 806. The summed E-state index contributed by atoms with van der Waals surface area (Å²) in [4.78, 5) is 17.2. The largest absolute Gasteiger partial charge is 0.435 e. The molecule has 1 saturated heterocycles. The van der Waals surface area contributed by atoms with Crippen molar-refractivity contribution < 1.29 is 18.3 Å². The van der Waals surface area contributed by atoms with Gasteiger partial charge < -0.3 is 15.0 Å². The van der Waals surface area contributed by atoms with Gasteiger partial charge in [0.05, 0.1) is 6.42 Å². The first kappa shape index (κ1) is 22.2. The van der Waals surface area contributed by atoms with E-state index in [4.69, 9.17) is 0 Å². The van der Waals surface area contributed by atoms with Crippen LogP contribution in [0.4, 0.5) is 8.78 Å². The number of rotatable bonds is 9. The number of hydrogen-bond acceptors (Lipinski definition) is 4. The first-order chi connectivity index (χ1) is 14.5. The molecule has 2 aromatic rings. The van der Waals surface area contributed by atoms with Crippen molar-refractivity contribution >= 4 is 5.91 Å². The molecular formula is C23H29F2N3O2. The number of ether oxygens (including phenoxy) is 1. The first-order valence-electron chi connectivity index (χ1n) is 10.4. The number of hydrogen-bond donors (Lipinski definition) is 1. The van der Waals surface area contributed by atoms with E-state index in [0.717, 1.165) is 50.4 Å². The van der Waals surface area contributed by atoms with Crippen molar-refractivity contribution in [2.45, 2.75) is 33.0 Å². The Morgan fingerprint density at radius 3 is 2.27 bits per heavy atom. The smallest absolute Gasteiger partial charge is 0.387 e. The zero-order valence-corrected chi connectivity index (χ0v) is 17.3. The molecule has 3 rings (SSSR count). The van der Waals surface area contributed by atoms with Crippen molar-refractivity contribution in [2.24, 2.45) is 0 Å². The number of halogens is 2. The Balaban J connectivity index is 1.50. The van der Waals surface area contributed by atoms with E-state index in [1.165, 1.54) is 17.7 Å². The predicted molar refractivity (Wildman–Crippen MR) is 112 cm³/mol. The predicted octanol–water partition coefficient (Wildman–Crippen LogP) is 3.28. The lowest BCUT2D eigenvalue weighted by Gasteiger charge is -2.34. The van der Waals surface area contributed by atoms with Crippen LogP contribution in [-0.2, 0) is 24.3 Å². The number of nitrogens with one attached hydrogen (secondary N) is 1. The second-order valence-corrected chi connectivity index (χ2v) is 7.46. The molecule has 0 aromatic heterocycles. The zero-order chi connectivity index (χ0) is 21.3. The Morgan fingerprint density at radius 1 is 1.00 bits per heavy atom. The highest BCUT2D eigenvalue weighted by atomic mass is 19.3. The zero-order valence-electron chi connectivity index (χ0n) is 17.3. The van der Waals surface area contributed by atoms with Crippen LogP contribution in [0.3, 0.4) is 0 Å². The van der Waals surface area contributed by atoms with Crippen LogP contribution >= 0.6 is 0 Å². The Kier molecular flexibility index (Phi) is 8.16. The fourth-order valence-electron chi connectivity index (χ4n) is 3.62. The molecule has 0 bridgehead atoms. The molecule has 0 radical (unpaired) electrons. The normalized spacial score (nSPS) is 15.3. The highest BCUT2D eigenvalue weighted by Crippen LogP contribution is 2.16. The average Bonchev–Trinajstić information content (AvgIpc) is 2.75. The van der Waals surface area contributed by atoms with E-state index >= 15 is 0 Å². The van der Waals surface area contributed by atoms with E-state index in [9.17, 15) is 13.6 Å². The fourth-order valence-corrected chi connectivity index (χ4v) is 3.62. The van der Waals surface area contributed by atoms with Crippen LogP contribution in [0.1, 0.15) is 23.6 Å². The average molecular weight is 418 g/mol. The SMILES string of the molecule is CCN1CCN(Cc2ccccc2CNC(=O)Cc2ccc(OC(F)F)cc2)CC1. The van der Waals surface area contributed by atoms with Gasteiger partial charge in [-0.05, 0) is 35.4 Å². The van der Waals surface area contributed by atoms with Gasteiger partial charge in [0.15, 0.2) is 0 Å². The van der Waals surface area contributed by atoms with Gasteiger partial charge in [-0.3, -0.25) is 9.69 Å². The molecule has 0 atom stereocenters. The lowest BCUT2D eigenvalue weighted by atomic mass is 10.1. The van der Waals surface area contributed by atoms with Gasteiger partial charge in [-0.2, -0.15) is 8.78 Å².